The summed E-state index contributed by atoms with van der Waals surface area (Å²) in [6, 6.07) is 12.1. The minimum atomic E-state index is -0.525. The predicted molar refractivity (Wildman–Crippen MR) is 139 cm³/mol. The number of pyridine rings is 1. The Kier molecular flexibility index (Phi) is 6.41. The van der Waals surface area contributed by atoms with Gasteiger partial charge in [0.25, 0.3) is 5.56 Å². The molecule has 2 aromatic carbocycles. The van der Waals surface area contributed by atoms with Gasteiger partial charge >= 0.3 is 6.09 Å². The summed E-state index contributed by atoms with van der Waals surface area (Å²) >= 11 is 1.56. The molecule has 0 unspecified atom stereocenters. The van der Waals surface area contributed by atoms with Gasteiger partial charge in [-0.05, 0) is 67.8 Å². The van der Waals surface area contributed by atoms with Crippen LogP contribution in [-0.2, 0) is 4.74 Å². The van der Waals surface area contributed by atoms with E-state index in [0.29, 0.717) is 11.9 Å². The van der Waals surface area contributed by atoms with Crippen molar-refractivity contribution in [3.8, 4) is 16.9 Å². The molecule has 0 saturated carbocycles. The van der Waals surface area contributed by atoms with Crippen LogP contribution < -0.4 is 15.6 Å². The molecule has 2 heterocycles. The number of fused-ring (bicyclic) bond motifs is 3. The van der Waals surface area contributed by atoms with Crippen LogP contribution >= 0.6 is 11.3 Å². The Labute approximate surface area is 202 Å². The SMILES string of the molecule is COc1cc(C)c2[nH]c(=O)c3ccsc3c2c1-c1ccc([C@@H](C)CNC(=O)OC(C)(C)C)cc1. The first kappa shape index (κ1) is 23.8. The smallest absolute Gasteiger partial charge is 0.407 e. The van der Waals surface area contributed by atoms with Gasteiger partial charge in [0.2, 0.25) is 0 Å². The van der Waals surface area contributed by atoms with Gasteiger partial charge in [-0.1, -0.05) is 31.2 Å². The molecule has 6 nitrogen and oxygen atoms in total. The van der Waals surface area contributed by atoms with E-state index in [4.69, 9.17) is 9.47 Å². The monoisotopic (exact) mass is 478 g/mol. The molecule has 0 radical (unpaired) electrons. The first-order chi connectivity index (χ1) is 16.1. The van der Waals surface area contributed by atoms with Crippen molar-refractivity contribution in [3.63, 3.8) is 0 Å². The Morgan fingerprint density at radius 2 is 1.88 bits per heavy atom. The molecular weight excluding hydrogens is 448 g/mol. The number of carbonyl (C=O) groups excluding carboxylic acids is 1. The summed E-state index contributed by atoms with van der Waals surface area (Å²) in [4.78, 5) is 27.7. The number of aromatic nitrogens is 1. The molecule has 0 aliphatic carbocycles. The predicted octanol–water partition coefficient (Wildman–Crippen LogP) is 6.36. The van der Waals surface area contributed by atoms with Crippen LogP contribution in [0, 0.1) is 6.92 Å². The number of benzene rings is 2. The molecule has 4 rings (SSSR count). The Hall–Kier alpha value is -3.32. The number of aromatic amines is 1. The highest BCUT2D eigenvalue weighted by molar-refractivity contribution is 7.18. The highest BCUT2D eigenvalue weighted by Gasteiger charge is 2.20. The van der Waals surface area contributed by atoms with E-state index in [9.17, 15) is 9.59 Å². The number of hydrogen-bond acceptors (Lipinski definition) is 5. The van der Waals surface area contributed by atoms with Crippen molar-refractivity contribution in [3.05, 3.63) is 63.3 Å². The quantitative estimate of drug-likeness (QED) is 0.350. The van der Waals surface area contributed by atoms with Crippen molar-refractivity contribution in [1.82, 2.24) is 10.3 Å². The summed E-state index contributed by atoms with van der Waals surface area (Å²) in [7, 11) is 1.67. The van der Waals surface area contributed by atoms with E-state index in [2.05, 4.69) is 41.5 Å². The Bertz CT molecular complexity index is 1410. The molecular formula is C27H30N2O4S. The molecule has 4 aromatic rings. The standard InChI is InChI=1S/C27H30N2O4S/c1-15-13-20(32-6)21(22-23(15)29-25(30)19-11-12-34-24(19)22)18-9-7-17(8-10-18)16(2)14-28-26(31)33-27(3,4)5/h7-13,16H,14H2,1-6H3,(H,28,31)(H,29,30)/t16-/m0/s1. The summed E-state index contributed by atoms with van der Waals surface area (Å²) in [6.45, 7) is 10.1. The molecule has 0 aliphatic heterocycles. The largest absolute Gasteiger partial charge is 0.496 e. The molecule has 0 saturated heterocycles. The number of rotatable bonds is 5. The Morgan fingerprint density at radius 1 is 1.18 bits per heavy atom. The third-order valence-electron chi connectivity index (χ3n) is 5.80. The number of methoxy groups -OCH3 is 1. The van der Waals surface area contributed by atoms with Crippen LogP contribution in [0.4, 0.5) is 4.79 Å². The van der Waals surface area contributed by atoms with E-state index in [-0.39, 0.29) is 11.5 Å². The van der Waals surface area contributed by atoms with Gasteiger partial charge in [-0.15, -0.1) is 11.3 Å². The van der Waals surface area contributed by atoms with E-state index < -0.39 is 11.7 Å². The normalized spacial score (nSPS) is 12.6. The van der Waals surface area contributed by atoms with Crippen molar-refractivity contribution in [1.29, 1.82) is 0 Å². The summed E-state index contributed by atoms with van der Waals surface area (Å²) in [5.41, 5.74) is 4.24. The van der Waals surface area contributed by atoms with Gasteiger partial charge in [0, 0.05) is 22.2 Å². The Balaban J connectivity index is 1.70. The molecule has 2 aromatic heterocycles. The average Bonchev–Trinajstić information content (AvgIpc) is 3.28. The molecule has 7 heteroatoms. The number of ether oxygens (including phenoxy) is 2. The van der Waals surface area contributed by atoms with Crippen molar-refractivity contribution >= 4 is 38.4 Å². The van der Waals surface area contributed by atoms with Crippen LogP contribution in [0.3, 0.4) is 0 Å². The minimum absolute atomic E-state index is 0.0790. The first-order valence-electron chi connectivity index (χ1n) is 11.3. The molecule has 0 aliphatic rings. The van der Waals surface area contributed by atoms with Crippen LogP contribution in [0.2, 0.25) is 0 Å². The van der Waals surface area contributed by atoms with Gasteiger partial charge in [-0.3, -0.25) is 4.79 Å². The van der Waals surface area contributed by atoms with Gasteiger partial charge in [-0.25, -0.2) is 4.79 Å². The van der Waals surface area contributed by atoms with Crippen LogP contribution in [0.1, 0.15) is 44.7 Å². The third-order valence-corrected chi connectivity index (χ3v) is 6.74. The number of carbonyl (C=O) groups is 1. The number of amides is 1. The zero-order chi connectivity index (χ0) is 24.6. The lowest BCUT2D eigenvalue weighted by Gasteiger charge is -2.21. The lowest BCUT2D eigenvalue weighted by molar-refractivity contribution is 0.0525. The molecule has 1 amide bonds. The number of hydrogen-bond donors (Lipinski definition) is 2. The van der Waals surface area contributed by atoms with Crippen LogP contribution in [0.25, 0.3) is 32.1 Å². The van der Waals surface area contributed by atoms with Gasteiger partial charge in [0.05, 0.1) is 18.0 Å². The van der Waals surface area contributed by atoms with Gasteiger partial charge in [0.1, 0.15) is 11.4 Å². The van der Waals surface area contributed by atoms with Crippen molar-refractivity contribution in [2.75, 3.05) is 13.7 Å². The first-order valence-corrected chi connectivity index (χ1v) is 12.1. The fourth-order valence-electron chi connectivity index (χ4n) is 4.13. The highest BCUT2D eigenvalue weighted by Crippen LogP contribution is 2.42. The summed E-state index contributed by atoms with van der Waals surface area (Å²) < 4.78 is 12.1. The van der Waals surface area contributed by atoms with Gasteiger partial charge < -0.3 is 19.8 Å². The molecule has 178 valence electrons. The van der Waals surface area contributed by atoms with E-state index in [0.717, 1.165) is 43.6 Å². The highest BCUT2D eigenvalue weighted by atomic mass is 32.1. The van der Waals surface area contributed by atoms with Crippen LogP contribution in [0.15, 0.2) is 46.6 Å². The maximum Gasteiger partial charge on any atom is 0.407 e. The topological polar surface area (TPSA) is 80.4 Å². The molecule has 1 atom stereocenters. The molecule has 34 heavy (non-hydrogen) atoms. The summed E-state index contributed by atoms with van der Waals surface area (Å²) in [5.74, 6) is 0.873. The third kappa shape index (κ3) is 4.66. The second-order valence-electron chi connectivity index (χ2n) is 9.54. The minimum Gasteiger partial charge on any atom is -0.496 e. The van der Waals surface area contributed by atoms with E-state index in [1.807, 2.05) is 45.2 Å². The van der Waals surface area contributed by atoms with Crippen LogP contribution in [0.5, 0.6) is 5.75 Å². The van der Waals surface area contributed by atoms with E-state index in [1.54, 1.807) is 18.4 Å². The second-order valence-corrected chi connectivity index (χ2v) is 10.5. The number of nitrogens with one attached hydrogen (secondary N) is 2. The fraction of sp³-hybridized carbons (Fsp3) is 0.333. The maximum atomic E-state index is 12.6. The summed E-state index contributed by atoms with van der Waals surface area (Å²) in [6.07, 6.45) is -0.416. The number of alkyl carbamates (subject to hydrolysis) is 1. The maximum absolute atomic E-state index is 12.6. The Morgan fingerprint density at radius 3 is 2.53 bits per heavy atom. The lowest BCUT2D eigenvalue weighted by atomic mass is 9.93. The van der Waals surface area contributed by atoms with Gasteiger partial charge in [0.15, 0.2) is 0 Å². The van der Waals surface area contributed by atoms with Crippen molar-refractivity contribution < 1.29 is 14.3 Å². The molecule has 0 bridgehead atoms. The molecule has 0 fully saturated rings. The van der Waals surface area contributed by atoms with Crippen molar-refractivity contribution in [2.24, 2.45) is 0 Å². The lowest BCUT2D eigenvalue weighted by Crippen LogP contribution is -2.34. The van der Waals surface area contributed by atoms with Crippen LogP contribution in [-0.4, -0.2) is 30.3 Å². The number of thiophene rings is 1. The number of aryl methyl sites for hydroxylation is 1. The average molecular weight is 479 g/mol. The zero-order valence-corrected chi connectivity index (χ0v) is 21.2. The fourth-order valence-corrected chi connectivity index (χ4v) is 5.08. The second kappa shape index (κ2) is 9.14. The molecule has 2 N–H and O–H groups in total. The molecule has 0 spiro atoms. The van der Waals surface area contributed by atoms with E-state index in [1.165, 1.54) is 0 Å². The van der Waals surface area contributed by atoms with Crippen molar-refractivity contribution in [2.45, 2.75) is 46.1 Å². The zero-order valence-electron chi connectivity index (χ0n) is 20.4. The van der Waals surface area contributed by atoms with E-state index >= 15 is 0 Å². The van der Waals surface area contributed by atoms with Gasteiger partial charge in [-0.2, -0.15) is 0 Å². The summed E-state index contributed by atoms with van der Waals surface area (Å²) in [5, 5.41) is 6.47. The number of H-pyrrole nitrogens is 1.